The first-order valence-corrected chi connectivity index (χ1v) is 9.92. The molecule has 1 heterocycles. The van der Waals surface area contributed by atoms with Gasteiger partial charge in [-0.25, -0.2) is 10.6 Å². The van der Waals surface area contributed by atoms with E-state index < -0.39 is 12.1 Å². The molecule has 1 saturated heterocycles. The van der Waals surface area contributed by atoms with Crippen molar-refractivity contribution in [1.29, 1.82) is 0 Å². The van der Waals surface area contributed by atoms with Crippen LogP contribution in [0, 0.1) is 0 Å². The molecular formula is C20H31F3N4O3. The smallest absolute Gasteiger partial charge is 0.475 e. The number of carbonyl (C=O) groups is 2. The van der Waals surface area contributed by atoms with E-state index in [9.17, 15) is 18.0 Å². The minimum Gasteiger partial charge on any atom is -0.475 e. The first-order valence-electron chi connectivity index (χ1n) is 9.92. The number of carboxylic acids is 1. The van der Waals surface area contributed by atoms with Crippen molar-refractivity contribution in [2.24, 2.45) is 5.84 Å². The van der Waals surface area contributed by atoms with Gasteiger partial charge in [0.25, 0.3) is 5.91 Å². The Morgan fingerprint density at radius 1 is 1.17 bits per heavy atom. The van der Waals surface area contributed by atoms with E-state index in [0.717, 1.165) is 51.1 Å². The number of hydrogen-bond donors (Lipinski definition) is 3. The predicted octanol–water partition coefficient (Wildman–Crippen LogP) is 2.40. The molecule has 30 heavy (non-hydrogen) atoms. The molecule has 0 atom stereocenters. The van der Waals surface area contributed by atoms with Crippen LogP contribution in [0.5, 0.6) is 0 Å². The van der Waals surface area contributed by atoms with Gasteiger partial charge in [-0.05, 0) is 37.1 Å². The molecule has 4 N–H and O–H groups in total. The lowest BCUT2D eigenvalue weighted by atomic mass is 9.98. The summed E-state index contributed by atoms with van der Waals surface area (Å²) >= 11 is 0. The molecule has 0 aromatic heterocycles. The Kier molecular flexibility index (Phi) is 10.8. The number of benzene rings is 1. The van der Waals surface area contributed by atoms with E-state index in [1.807, 2.05) is 6.07 Å². The van der Waals surface area contributed by atoms with Crippen LogP contribution in [-0.2, 0) is 17.8 Å². The van der Waals surface area contributed by atoms with E-state index in [1.54, 1.807) is 0 Å². The van der Waals surface area contributed by atoms with Crippen LogP contribution in [0.4, 0.5) is 13.2 Å². The summed E-state index contributed by atoms with van der Waals surface area (Å²) in [4.78, 5) is 25.7. The molecule has 0 saturated carbocycles. The molecule has 1 aliphatic heterocycles. The first kappa shape index (κ1) is 25.9. The largest absolute Gasteiger partial charge is 0.490 e. The Morgan fingerprint density at radius 3 is 2.27 bits per heavy atom. The average Bonchev–Trinajstić information content (AvgIpc) is 2.69. The lowest BCUT2D eigenvalue weighted by Crippen LogP contribution is -2.43. The number of aryl methyl sites for hydroxylation is 1. The second-order valence-electron chi connectivity index (χ2n) is 7.30. The van der Waals surface area contributed by atoms with Crippen molar-refractivity contribution in [2.45, 2.75) is 45.3 Å². The molecule has 0 bridgehead atoms. The number of nitrogens with one attached hydrogen (secondary N) is 1. The fourth-order valence-electron chi connectivity index (χ4n) is 3.08. The van der Waals surface area contributed by atoms with Gasteiger partial charge in [-0.2, -0.15) is 13.2 Å². The Balaban J connectivity index is 0.000000553. The fourth-order valence-corrected chi connectivity index (χ4v) is 3.08. The molecule has 0 spiro atoms. The van der Waals surface area contributed by atoms with Crippen molar-refractivity contribution in [1.82, 2.24) is 15.2 Å². The van der Waals surface area contributed by atoms with Gasteiger partial charge in [0.2, 0.25) is 0 Å². The van der Waals surface area contributed by atoms with Crippen LogP contribution in [0.1, 0.15) is 47.7 Å². The SMILES string of the molecule is CCCCCc1cc(CN2CCN(C)CC2)ccc1C(=O)NN.O=C(O)C(F)(F)F. The number of aliphatic carboxylic acids is 1. The number of unbranched alkanes of at least 4 members (excludes halogenated alkanes) is 2. The average molecular weight is 432 g/mol. The van der Waals surface area contributed by atoms with Crippen molar-refractivity contribution in [3.8, 4) is 0 Å². The molecule has 1 aliphatic rings. The minimum atomic E-state index is -5.08. The molecule has 0 unspecified atom stereocenters. The third kappa shape index (κ3) is 9.10. The highest BCUT2D eigenvalue weighted by atomic mass is 19.4. The number of hydrogen-bond acceptors (Lipinski definition) is 5. The summed E-state index contributed by atoms with van der Waals surface area (Å²) in [6.45, 7) is 7.60. The van der Waals surface area contributed by atoms with Gasteiger partial charge in [0.05, 0.1) is 0 Å². The van der Waals surface area contributed by atoms with Gasteiger partial charge in [-0.3, -0.25) is 15.1 Å². The van der Waals surface area contributed by atoms with E-state index in [2.05, 4.69) is 41.3 Å². The third-order valence-corrected chi connectivity index (χ3v) is 4.84. The Labute approximate surface area is 175 Å². The number of alkyl halides is 3. The second kappa shape index (κ2) is 12.5. The predicted molar refractivity (Wildman–Crippen MR) is 108 cm³/mol. The summed E-state index contributed by atoms with van der Waals surface area (Å²) < 4.78 is 31.7. The number of piperazine rings is 1. The fraction of sp³-hybridized carbons (Fsp3) is 0.600. The van der Waals surface area contributed by atoms with Gasteiger partial charge in [-0.1, -0.05) is 31.9 Å². The molecule has 1 aromatic rings. The lowest BCUT2D eigenvalue weighted by molar-refractivity contribution is -0.192. The summed E-state index contributed by atoms with van der Waals surface area (Å²) in [6.07, 6.45) is -0.668. The van der Waals surface area contributed by atoms with E-state index in [4.69, 9.17) is 15.7 Å². The monoisotopic (exact) mass is 432 g/mol. The quantitative estimate of drug-likeness (QED) is 0.265. The van der Waals surface area contributed by atoms with Gasteiger partial charge >= 0.3 is 12.1 Å². The number of carboxylic acid groups (broad SMARTS) is 1. The van der Waals surface area contributed by atoms with Crippen LogP contribution in [0.15, 0.2) is 18.2 Å². The molecule has 1 fully saturated rings. The van der Waals surface area contributed by atoms with Crippen molar-refractivity contribution in [3.05, 3.63) is 34.9 Å². The number of likely N-dealkylation sites (N-methyl/N-ethyl adjacent to an activating group) is 1. The summed E-state index contributed by atoms with van der Waals surface area (Å²) in [5.74, 6) is 2.37. The second-order valence-corrected chi connectivity index (χ2v) is 7.30. The maximum Gasteiger partial charge on any atom is 0.490 e. The normalized spacial score (nSPS) is 15.3. The molecule has 2 rings (SSSR count). The maximum atomic E-state index is 12.0. The zero-order valence-electron chi connectivity index (χ0n) is 17.5. The Morgan fingerprint density at radius 2 is 1.77 bits per heavy atom. The van der Waals surface area contributed by atoms with Gasteiger partial charge in [0.1, 0.15) is 0 Å². The molecular weight excluding hydrogens is 401 g/mol. The van der Waals surface area contributed by atoms with Crippen molar-refractivity contribution >= 4 is 11.9 Å². The van der Waals surface area contributed by atoms with Gasteiger partial charge in [0, 0.05) is 38.3 Å². The summed E-state index contributed by atoms with van der Waals surface area (Å²) in [6, 6.07) is 6.18. The molecule has 0 aliphatic carbocycles. The van der Waals surface area contributed by atoms with Crippen LogP contribution in [0.3, 0.4) is 0 Å². The van der Waals surface area contributed by atoms with Crippen molar-refractivity contribution in [2.75, 3.05) is 33.2 Å². The Bertz CT molecular complexity index is 690. The zero-order valence-corrected chi connectivity index (χ0v) is 17.5. The van der Waals surface area contributed by atoms with Crippen molar-refractivity contribution < 1.29 is 27.9 Å². The summed E-state index contributed by atoms with van der Waals surface area (Å²) in [7, 11) is 2.17. The van der Waals surface area contributed by atoms with Crippen LogP contribution >= 0.6 is 0 Å². The third-order valence-electron chi connectivity index (χ3n) is 4.84. The van der Waals surface area contributed by atoms with E-state index >= 15 is 0 Å². The van der Waals surface area contributed by atoms with Crippen LogP contribution in [0.2, 0.25) is 0 Å². The standard InChI is InChI=1S/C18H30N4O.C2HF3O2/c1-3-4-5-6-16-13-15(7-8-17(16)18(23)20-19)14-22-11-9-21(2)10-12-22;3-2(4,5)1(6)7/h7-8,13H,3-6,9-12,14,19H2,1-2H3,(H,20,23);(H,6,7). The Hall–Kier alpha value is -2.17. The minimum absolute atomic E-state index is 0.192. The number of hydrazine groups is 1. The highest BCUT2D eigenvalue weighted by molar-refractivity contribution is 5.95. The molecule has 1 amide bonds. The molecule has 7 nitrogen and oxygen atoms in total. The number of rotatable bonds is 7. The van der Waals surface area contributed by atoms with E-state index in [1.165, 1.54) is 18.4 Å². The van der Waals surface area contributed by atoms with E-state index in [0.29, 0.717) is 5.56 Å². The number of nitrogens with zero attached hydrogens (tertiary/aromatic N) is 2. The molecule has 10 heteroatoms. The van der Waals surface area contributed by atoms with Crippen LogP contribution in [-0.4, -0.2) is 66.2 Å². The lowest BCUT2D eigenvalue weighted by Gasteiger charge is -2.32. The van der Waals surface area contributed by atoms with Crippen molar-refractivity contribution in [3.63, 3.8) is 0 Å². The molecule has 170 valence electrons. The van der Waals surface area contributed by atoms with Crippen LogP contribution < -0.4 is 11.3 Å². The number of nitrogen functional groups attached to an aromatic ring is 1. The maximum absolute atomic E-state index is 12.0. The highest BCUT2D eigenvalue weighted by Gasteiger charge is 2.38. The number of nitrogens with two attached hydrogens (primary N) is 1. The van der Waals surface area contributed by atoms with Crippen LogP contribution in [0.25, 0.3) is 0 Å². The van der Waals surface area contributed by atoms with Gasteiger partial charge in [0.15, 0.2) is 0 Å². The zero-order chi connectivity index (χ0) is 22.7. The summed E-state index contributed by atoms with van der Waals surface area (Å²) in [5, 5.41) is 7.12. The molecule has 0 radical (unpaired) electrons. The number of carbonyl (C=O) groups excluding carboxylic acids is 1. The van der Waals surface area contributed by atoms with E-state index in [-0.39, 0.29) is 5.91 Å². The van der Waals surface area contributed by atoms with Gasteiger partial charge < -0.3 is 10.0 Å². The first-order chi connectivity index (χ1) is 14.1. The number of amides is 1. The summed E-state index contributed by atoms with van der Waals surface area (Å²) in [5.41, 5.74) is 5.38. The number of halogens is 3. The van der Waals surface area contributed by atoms with Gasteiger partial charge in [-0.15, -0.1) is 0 Å². The topological polar surface area (TPSA) is 98.9 Å². The highest BCUT2D eigenvalue weighted by Crippen LogP contribution is 2.18. The molecule has 1 aromatic carbocycles.